The van der Waals surface area contributed by atoms with Crippen molar-refractivity contribution in [2.75, 3.05) is 27.1 Å². The van der Waals surface area contributed by atoms with E-state index >= 15 is 0 Å². The number of aromatic nitrogens is 1. The van der Waals surface area contributed by atoms with Crippen LogP contribution in [0.1, 0.15) is 0 Å². The summed E-state index contributed by atoms with van der Waals surface area (Å²) >= 11 is 0. The van der Waals surface area contributed by atoms with Gasteiger partial charge in [-0.25, -0.2) is 0 Å². The molecule has 0 radical (unpaired) electrons. The summed E-state index contributed by atoms with van der Waals surface area (Å²) < 4.78 is 20.6. The fraction of sp³-hybridized carbons (Fsp3) is 0.250. The molecule has 2 N–H and O–H groups in total. The first kappa shape index (κ1) is 12.1. The van der Waals surface area contributed by atoms with Gasteiger partial charge in [0.25, 0.3) is 0 Å². The number of hydrogen-bond donors (Lipinski definition) is 1. The first-order chi connectivity index (χ1) is 8.69. The van der Waals surface area contributed by atoms with Gasteiger partial charge in [-0.1, -0.05) is 5.16 Å². The zero-order chi connectivity index (χ0) is 13.1. The predicted octanol–water partition coefficient (Wildman–Crippen LogP) is 1.95. The quantitative estimate of drug-likeness (QED) is 0.893. The average molecular weight is 250 g/mol. The Bertz CT molecular complexity index is 551. The third-order valence-corrected chi connectivity index (χ3v) is 2.49. The van der Waals surface area contributed by atoms with Crippen LogP contribution in [0.4, 0.5) is 5.88 Å². The number of nitrogen functional groups attached to an aromatic ring is 1. The molecular formula is C12H14N2O4. The minimum absolute atomic E-state index is 0.230. The summed E-state index contributed by atoms with van der Waals surface area (Å²) in [6.45, 7) is 0. The maximum absolute atomic E-state index is 5.52. The van der Waals surface area contributed by atoms with E-state index < -0.39 is 0 Å². The van der Waals surface area contributed by atoms with Crippen LogP contribution < -0.4 is 19.9 Å². The third kappa shape index (κ3) is 2.04. The van der Waals surface area contributed by atoms with Gasteiger partial charge >= 0.3 is 0 Å². The van der Waals surface area contributed by atoms with Crippen molar-refractivity contribution < 1.29 is 18.7 Å². The summed E-state index contributed by atoms with van der Waals surface area (Å²) in [5, 5.41) is 3.85. The molecule has 0 atom stereocenters. The van der Waals surface area contributed by atoms with E-state index in [2.05, 4.69) is 5.16 Å². The summed E-state index contributed by atoms with van der Waals surface area (Å²) in [6, 6.07) is 5.11. The Labute approximate surface area is 104 Å². The van der Waals surface area contributed by atoms with Crippen LogP contribution in [0.25, 0.3) is 11.3 Å². The molecule has 2 aromatic rings. The third-order valence-electron chi connectivity index (χ3n) is 2.49. The maximum atomic E-state index is 5.52. The van der Waals surface area contributed by atoms with Crippen LogP contribution in [-0.4, -0.2) is 26.5 Å². The Hall–Kier alpha value is -2.37. The Morgan fingerprint density at radius 1 is 1.06 bits per heavy atom. The fourth-order valence-electron chi connectivity index (χ4n) is 1.66. The second kappa shape index (κ2) is 4.87. The maximum Gasteiger partial charge on any atom is 0.222 e. The lowest BCUT2D eigenvalue weighted by Gasteiger charge is -2.13. The van der Waals surface area contributed by atoms with Gasteiger partial charge in [-0.15, -0.1) is 0 Å². The Morgan fingerprint density at radius 2 is 1.83 bits per heavy atom. The highest BCUT2D eigenvalue weighted by molar-refractivity contribution is 5.74. The molecule has 0 aliphatic carbocycles. The fourth-order valence-corrected chi connectivity index (χ4v) is 1.66. The summed E-state index contributed by atoms with van der Waals surface area (Å²) in [6.07, 6.45) is 0. The van der Waals surface area contributed by atoms with E-state index in [-0.39, 0.29) is 5.88 Å². The van der Waals surface area contributed by atoms with Gasteiger partial charge < -0.3 is 24.5 Å². The molecule has 1 aromatic heterocycles. The van der Waals surface area contributed by atoms with Crippen molar-refractivity contribution in [1.82, 2.24) is 5.16 Å². The molecule has 0 saturated heterocycles. The molecule has 2 rings (SSSR count). The highest BCUT2D eigenvalue weighted by atomic mass is 16.5. The van der Waals surface area contributed by atoms with Crippen molar-refractivity contribution >= 4 is 5.88 Å². The van der Waals surface area contributed by atoms with Crippen molar-refractivity contribution in [3.05, 3.63) is 18.2 Å². The molecule has 0 saturated carbocycles. The van der Waals surface area contributed by atoms with Crippen molar-refractivity contribution in [1.29, 1.82) is 0 Å². The standard InChI is InChI=1S/C12H14N2O4/c1-15-7-4-8(9-6-11(13)18-14-9)12(17-3)10(5-7)16-2/h4-6H,13H2,1-3H3. The van der Waals surface area contributed by atoms with Gasteiger partial charge in [0, 0.05) is 12.1 Å². The average Bonchev–Trinajstić information content (AvgIpc) is 2.83. The SMILES string of the molecule is COc1cc(OC)c(OC)c(-c2cc(N)on2)c1. The smallest absolute Gasteiger partial charge is 0.222 e. The van der Waals surface area contributed by atoms with E-state index in [9.17, 15) is 0 Å². The summed E-state index contributed by atoms with van der Waals surface area (Å²) in [4.78, 5) is 0. The lowest BCUT2D eigenvalue weighted by Crippen LogP contribution is -1.95. The van der Waals surface area contributed by atoms with Crippen molar-refractivity contribution in [3.63, 3.8) is 0 Å². The van der Waals surface area contributed by atoms with Gasteiger partial charge in [0.15, 0.2) is 11.5 Å². The largest absolute Gasteiger partial charge is 0.497 e. The Balaban J connectivity index is 2.63. The number of ether oxygens (including phenoxy) is 3. The number of rotatable bonds is 4. The number of nitrogens with zero attached hydrogens (tertiary/aromatic N) is 1. The predicted molar refractivity (Wildman–Crippen MR) is 66.0 cm³/mol. The van der Waals surface area contributed by atoms with E-state index in [1.165, 1.54) is 0 Å². The van der Waals surface area contributed by atoms with Crippen molar-refractivity contribution in [2.45, 2.75) is 0 Å². The van der Waals surface area contributed by atoms with Crippen LogP contribution in [0.2, 0.25) is 0 Å². The normalized spacial score (nSPS) is 10.2. The molecule has 1 aromatic carbocycles. The summed E-state index contributed by atoms with van der Waals surface area (Å²) in [5.74, 6) is 1.96. The van der Waals surface area contributed by atoms with Gasteiger partial charge in [-0.3, -0.25) is 0 Å². The Kier molecular flexibility index (Phi) is 3.27. The molecule has 0 unspecified atom stereocenters. The van der Waals surface area contributed by atoms with Crippen LogP contribution in [0, 0.1) is 0 Å². The molecule has 0 aliphatic heterocycles. The zero-order valence-electron chi connectivity index (χ0n) is 10.4. The monoisotopic (exact) mass is 250 g/mol. The molecule has 18 heavy (non-hydrogen) atoms. The second-order valence-electron chi connectivity index (χ2n) is 3.52. The molecule has 6 heteroatoms. The van der Waals surface area contributed by atoms with Gasteiger partial charge in [-0.2, -0.15) is 0 Å². The number of anilines is 1. The van der Waals surface area contributed by atoms with Gasteiger partial charge in [0.2, 0.25) is 5.88 Å². The van der Waals surface area contributed by atoms with E-state index in [1.807, 2.05) is 0 Å². The van der Waals surface area contributed by atoms with E-state index in [0.717, 1.165) is 0 Å². The highest BCUT2D eigenvalue weighted by Crippen LogP contribution is 2.41. The van der Waals surface area contributed by atoms with Gasteiger partial charge in [0.1, 0.15) is 11.4 Å². The zero-order valence-corrected chi connectivity index (χ0v) is 10.4. The van der Waals surface area contributed by atoms with Crippen molar-refractivity contribution in [3.8, 4) is 28.5 Å². The number of nitrogens with two attached hydrogens (primary N) is 1. The van der Waals surface area contributed by atoms with E-state index in [4.69, 9.17) is 24.5 Å². The molecule has 0 aliphatic rings. The topological polar surface area (TPSA) is 79.7 Å². The molecule has 0 spiro atoms. The lowest BCUT2D eigenvalue weighted by atomic mass is 10.1. The second-order valence-corrected chi connectivity index (χ2v) is 3.52. The molecule has 1 heterocycles. The summed E-state index contributed by atoms with van der Waals surface area (Å²) in [5.41, 5.74) is 6.76. The first-order valence-electron chi connectivity index (χ1n) is 5.22. The van der Waals surface area contributed by atoms with Crippen LogP contribution in [0.15, 0.2) is 22.7 Å². The minimum Gasteiger partial charge on any atom is -0.497 e. The van der Waals surface area contributed by atoms with Crippen molar-refractivity contribution in [2.24, 2.45) is 0 Å². The van der Waals surface area contributed by atoms with Crippen LogP contribution in [0.3, 0.4) is 0 Å². The van der Waals surface area contributed by atoms with Gasteiger partial charge in [0.05, 0.1) is 26.9 Å². The minimum atomic E-state index is 0.230. The van der Waals surface area contributed by atoms with E-state index in [0.29, 0.717) is 28.5 Å². The van der Waals surface area contributed by atoms with Crippen LogP contribution >= 0.6 is 0 Å². The molecule has 0 amide bonds. The molecule has 6 nitrogen and oxygen atoms in total. The van der Waals surface area contributed by atoms with Gasteiger partial charge in [-0.05, 0) is 6.07 Å². The summed E-state index contributed by atoms with van der Waals surface area (Å²) in [7, 11) is 4.68. The van der Waals surface area contributed by atoms with Crippen LogP contribution in [0.5, 0.6) is 17.2 Å². The molecule has 96 valence electrons. The van der Waals surface area contributed by atoms with E-state index in [1.54, 1.807) is 39.5 Å². The number of benzene rings is 1. The number of methoxy groups -OCH3 is 3. The highest BCUT2D eigenvalue weighted by Gasteiger charge is 2.17. The first-order valence-corrected chi connectivity index (χ1v) is 5.22. The van der Waals surface area contributed by atoms with Crippen LogP contribution in [-0.2, 0) is 0 Å². The Morgan fingerprint density at radius 3 is 2.33 bits per heavy atom. The molecule has 0 fully saturated rings. The molecule has 0 bridgehead atoms. The lowest BCUT2D eigenvalue weighted by molar-refractivity contribution is 0.350. The number of hydrogen-bond acceptors (Lipinski definition) is 6. The molecular weight excluding hydrogens is 236 g/mol.